The smallest absolute Gasteiger partial charge is 0.248 e. The summed E-state index contributed by atoms with van der Waals surface area (Å²) in [7, 11) is 3.21. The monoisotopic (exact) mass is 442 g/mol. The van der Waals surface area contributed by atoms with Gasteiger partial charge in [0.2, 0.25) is 5.91 Å². The Morgan fingerprint density at radius 3 is 2.53 bits per heavy atom. The van der Waals surface area contributed by atoms with Crippen LogP contribution in [0, 0.1) is 17.7 Å². The predicted molar refractivity (Wildman–Crippen MR) is 124 cm³/mol. The molecule has 0 saturated carbocycles. The number of carbonyl (C=O) groups is 1. The second-order valence-corrected chi connectivity index (χ2v) is 9.09. The van der Waals surface area contributed by atoms with Crippen LogP contribution in [0.4, 0.5) is 4.39 Å². The van der Waals surface area contributed by atoms with Gasteiger partial charge in [0, 0.05) is 45.8 Å². The minimum atomic E-state index is -0.218. The van der Waals surface area contributed by atoms with E-state index in [9.17, 15) is 9.18 Å². The summed E-state index contributed by atoms with van der Waals surface area (Å²) in [5.74, 6) is 1.37. The van der Waals surface area contributed by atoms with Crippen LogP contribution in [0.3, 0.4) is 0 Å². The van der Waals surface area contributed by atoms with Gasteiger partial charge < -0.3 is 14.4 Å². The highest BCUT2D eigenvalue weighted by Crippen LogP contribution is 2.35. The van der Waals surface area contributed by atoms with Crippen LogP contribution in [0.2, 0.25) is 0 Å². The van der Waals surface area contributed by atoms with Crippen LogP contribution in [-0.4, -0.2) is 62.7 Å². The van der Waals surface area contributed by atoms with Gasteiger partial charge in [0.1, 0.15) is 18.2 Å². The van der Waals surface area contributed by atoms with Gasteiger partial charge in [0.15, 0.2) is 0 Å². The third kappa shape index (κ3) is 6.53. The molecule has 1 aliphatic heterocycles. The number of amides is 1. The third-order valence-electron chi connectivity index (χ3n) is 6.02. The number of benzene rings is 2. The van der Waals surface area contributed by atoms with Gasteiger partial charge in [-0.1, -0.05) is 38.1 Å². The normalized spacial score (nSPS) is 18.8. The molecule has 0 N–H and O–H groups in total. The van der Waals surface area contributed by atoms with E-state index in [1.807, 2.05) is 23.1 Å². The Labute approximate surface area is 191 Å². The summed E-state index contributed by atoms with van der Waals surface area (Å²) in [6.07, 6.45) is 0. The highest BCUT2D eigenvalue weighted by Gasteiger charge is 2.36. The first-order valence-corrected chi connectivity index (χ1v) is 11.3. The second kappa shape index (κ2) is 11.4. The molecule has 2 unspecified atom stereocenters. The average Bonchev–Trinajstić information content (AvgIpc) is 3.16. The number of likely N-dealkylation sites (tertiary alicyclic amines) is 1. The topological polar surface area (TPSA) is 42.0 Å². The number of nitrogens with zero attached hydrogens (tertiary/aromatic N) is 2. The van der Waals surface area contributed by atoms with Crippen LogP contribution in [0.15, 0.2) is 48.5 Å². The van der Waals surface area contributed by atoms with E-state index in [1.54, 1.807) is 26.4 Å². The molecule has 0 spiro atoms. The quantitative estimate of drug-likeness (QED) is 0.554. The van der Waals surface area contributed by atoms with Gasteiger partial charge >= 0.3 is 0 Å². The van der Waals surface area contributed by atoms with Gasteiger partial charge in [-0.3, -0.25) is 9.69 Å². The maximum Gasteiger partial charge on any atom is 0.248 e. The third-order valence-corrected chi connectivity index (χ3v) is 6.02. The molecule has 0 aromatic heterocycles. The Kier molecular flexibility index (Phi) is 8.65. The lowest BCUT2D eigenvalue weighted by Gasteiger charge is -2.30. The number of rotatable bonds is 10. The summed E-state index contributed by atoms with van der Waals surface area (Å²) in [4.78, 5) is 17.0. The fraction of sp³-hybridized carbons (Fsp3) is 0.500. The maximum absolute atomic E-state index is 14.0. The van der Waals surface area contributed by atoms with Gasteiger partial charge in [-0.05, 0) is 47.2 Å². The van der Waals surface area contributed by atoms with Crippen molar-refractivity contribution in [1.82, 2.24) is 9.80 Å². The zero-order valence-electron chi connectivity index (χ0n) is 19.6. The summed E-state index contributed by atoms with van der Waals surface area (Å²) < 4.78 is 24.4. The molecule has 32 heavy (non-hydrogen) atoms. The highest BCUT2D eigenvalue weighted by molar-refractivity contribution is 5.77. The van der Waals surface area contributed by atoms with E-state index in [4.69, 9.17) is 9.47 Å². The molecule has 1 fully saturated rings. The van der Waals surface area contributed by atoms with Crippen molar-refractivity contribution in [2.24, 2.45) is 11.8 Å². The first kappa shape index (κ1) is 24.2. The Balaban J connectivity index is 1.79. The lowest BCUT2D eigenvalue weighted by atomic mass is 9.88. The van der Waals surface area contributed by atoms with E-state index in [2.05, 4.69) is 30.9 Å². The van der Waals surface area contributed by atoms with Gasteiger partial charge in [-0.15, -0.1) is 0 Å². The predicted octanol–water partition coefficient (Wildman–Crippen LogP) is 4.18. The van der Waals surface area contributed by atoms with Crippen molar-refractivity contribution in [3.8, 4) is 5.75 Å². The lowest BCUT2D eigenvalue weighted by molar-refractivity contribution is -0.136. The molecule has 1 aliphatic rings. The zero-order valence-corrected chi connectivity index (χ0v) is 19.6. The van der Waals surface area contributed by atoms with Crippen LogP contribution >= 0.6 is 0 Å². The van der Waals surface area contributed by atoms with Crippen LogP contribution in [0.25, 0.3) is 0 Å². The van der Waals surface area contributed by atoms with Gasteiger partial charge in [0.05, 0.1) is 7.11 Å². The molecule has 0 radical (unpaired) electrons. The molecule has 5 nitrogen and oxygen atoms in total. The average molecular weight is 443 g/mol. The second-order valence-electron chi connectivity index (χ2n) is 9.09. The zero-order chi connectivity index (χ0) is 23.1. The maximum atomic E-state index is 14.0. The van der Waals surface area contributed by atoms with Crippen LogP contribution in [0.5, 0.6) is 5.75 Å². The molecule has 1 amide bonds. The molecule has 2 aromatic rings. The van der Waals surface area contributed by atoms with Crippen LogP contribution < -0.4 is 4.74 Å². The summed E-state index contributed by atoms with van der Waals surface area (Å²) in [5, 5.41) is 0. The Hall–Kier alpha value is -2.44. The highest BCUT2D eigenvalue weighted by atomic mass is 19.1. The van der Waals surface area contributed by atoms with E-state index in [1.165, 1.54) is 11.6 Å². The number of ether oxygens (including phenoxy) is 2. The van der Waals surface area contributed by atoms with Crippen molar-refractivity contribution in [2.45, 2.75) is 26.3 Å². The van der Waals surface area contributed by atoms with Crippen molar-refractivity contribution in [3.63, 3.8) is 0 Å². The summed E-state index contributed by atoms with van der Waals surface area (Å²) in [5.41, 5.74) is 2.20. The molecule has 2 aromatic carbocycles. The van der Waals surface area contributed by atoms with E-state index in [-0.39, 0.29) is 30.2 Å². The van der Waals surface area contributed by atoms with Gasteiger partial charge in [0.25, 0.3) is 0 Å². The van der Waals surface area contributed by atoms with Crippen molar-refractivity contribution in [1.29, 1.82) is 0 Å². The fourth-order valence-electron chi connectivity index (χ4n) is 4.60. The summed E-state index contributed by atoms with van der Waals surface area (Å²) in [6.45, 7) is 8.12. The lowest BCUT2D eigenvalue weighted by Crippen LogP contribution is -2.41. The van der Waals surface area contributed by atoms with Crippen LogP contribution in [0.1, 0.15) is 30.9 Å². The molecule has 1 saturated heterocycles. The summed E-state index contributed by atoms with van der Waals surface area (Å²) >= 11 is 0. The summed E-state index contributed by atoms with van der Waals surface area (Å²) in [6, 6.07) is 15.0. The Morgan fingerprint density at radius 1 is 1.16 bits per heavy atom. The van der Waals surface area contributed by atoms with Crippen molar-refractivity contribution in [3.05, 3.63) is 65.5 Å². The largest absolute Gasteiger partial charge is 0.497 e. The van der Waals surface area contributed by atoms with Crippen molar-refractivity contribution >= 4 is 5.91 Å². The SMILES string of the molecule is COCC(=O)N(CC(C)C)CC1CN(Cc2ccc(OC)cc2)CC1c1cccc(F)c1. The molecular weight excluding hydrogens is 407 g/mol. The molecule has 1 heterocycles. The number of carbonyl (C=O) groups excluding carboxylic acids is 1. The van der Waals surface area contributed by atoms with Gasteiger partial charge in [-0.2, -0.15) is 0 Å². The molecule has 174 valence electrons. The standard InChI is InChI=1S/C26H35FN2O3/c1-19(2)13-29(26(30)18-31-3)16-22-15-28(14-20-8-10-24(32-4)11-9-20)17-25(22)21-6-5-7-23(27)12-21/h5-12,19,22,25H,13-18H2,1-4H3. The number of halogens is 1. The number of hydrogen-bond donors (Lipinski definition) is 0. The molecule has 3 rings (SSSR count). The minimum absolute atomic E-state index is 0.00722. The molecule has 0 aliphatic carbocycles. The first-order chi connectivity index (χ1) is 15.4. The van der Waals surface area contributed by atoms with Crippen molar-refractivity contribution < 1.29 is 18.7 Å². The molecule has 2 atom stereocenters. The van der Waals surface area contributed by atoms with E-state index in [0.29, 0.717) is 19.0 Å². The van der Waals surface area contributed by atoms with E-state index in [0.717, 1.165) is 30.9 Å². The first-order valence-electron chi connectivity index (χ1n) is 11.3. The van der Waals surface area contributed by atoms with E-state index < -0.39 is 0 Å². The minimum Gasteiger partial charge on any atom is -0.497 e. The number of methoxy groups -OCH3 is 2. The van der Waals surface area contributed by atoms with Gasteiger partial charge in [-0.25, -0.2) is 4.39 Å². The van der Waals surface area contributed by atoms with Crippen LogP contribution in [-0.2, 0) is 16.1 Å². The number of hydrogen-bond acceptors (Lipinski definition) is 4. The van der Waals surface area contributed by atoms with E-state index >= 15 is 0 Å². The Bertz CT molecular complexity index is 872. The van der Waals surface area contributed by atoms with Crippen molar-refractivity contribution in [2.75, 3.05) is 47.0 Å². The fourth-order valence-corrected chi connectivity index (χ4v) is 4.60. The Morgan fingerprint density at radius 2 is 1.91 bits per heavy atom. The molecule has 6 heteroatoms. The molecule has 0 bridgehead atoms. The molecular formula is C26H35FN2O3.